The second kappa shape index (κ2) is 8.17. The van der Waals surface area contributed by atoms with Crippen LogP contribution in [0.25, 0.3) is 0 Å². The highest BCUT2D eigenvalue weighted by Crippen LogP contribution is 2.34. The summed E-state index contributed by atoms with van der Waals surface area (Å²) in [5.41, 5.74) is 7.13. The van der Waals surface area contributed by atoms with Gasteiger partial charge in [-0.15, -0.1) is 0 Å². The molecule has 4 bridgehead atoms. The molecule has 6 unspecified atom stereocenters. The van der Waals surface area contributed by atoms with Gasteiger partial charge in [0.05, 0.1) is 24.9 Å². The van der Waals surface area contributed by atoms with Crippen LogP contribution in [0.1, 0.15) is 46.0 Å². The summed E-state index contributed by atoms with van der Waals surface area (Å²) in [5, 5.41) is 7.09. The lowest BCUT2D eigenvalue weighted by atomic mass is 9.77. The summed E-state index contributed by atoms with van der Waals surface area (Å²) in [5.74, 6) is 0.612. The number of rotatable bonds is 0. The Morgan fingerprint density at radius 1 is 0.880 bits per heavy atom. The van der Waals surface area contributed by atoms with Gasteiger partial charge in [-0.1, -0.05) is 0 Å². The van der Waals surface area contributed by atoms with Crippen LogP contribution in [0.2, 0.25) is 0 Å². The fourth-order valence-corrected chi connectivity index (χ4v) is 4.82. The molecule has 3 saturated heterocycles. The molecule has 8 atom stereocenters. The van der Waals surface area contributed by atoms with Gasteiger partial charge in [0.15, 0.2) is 6.35 Å². The molecule has 3 aliphatic heterocycles. The van der Waals surface area contributed by atoms with Crippen LogP contribution >= 0.6 is 0 Å². The van der Waals surface area contributed by atoms with E-state index in [2.05, 4.69) is 35.3 Å². The lowest BCUT2D eigenvalue weighted by molar-refractivity contribution is -0.0905. The molecule has 0 amide bonds. The molecule has 4 N–H and O–H groups in total. The molecule has 4 aliphatic rings. The van der Waals surface area contributed by atoms with Crippen LogP contribution in [-0.4, -0.2) is 62.5 Å². The molecule has 25 heavy (non-hydrogen) atoms. The van der Waals surface area contributed by atoms with E-state index in [9.17, 15) is 0 Å². The first-order chi connectivity index (χ1) is 12.2. The molecule has 3 heterocycles. The summed E-state index contributed by atoms with van der Waals surface area (Å²) >= 11 is 0. The molecule has 1 aliphatic carbocycles. The van der Waals surface area contributed by atoms with Crippen molar-refractivity contribution in [1.82, 2.24) is 21.5 Å². The van der Waals surface area contributed by atoms with Crippen molar-refractivity contribution in [3.63, 3.8) is 0 Å². The molecule has 7 nitrogen and oxygen atoms in total. The van der Waals surface area contributed by atoms with E-state index in [0.29, 0.717) is 36.8 Å². The Kier molecular flexibility index (Phi) is 5.91. The topological polar surface area (TPSA) is 75.8 Å². The monoisotopic (exact) mass is 354 g/mol. The number of ether oxygens (including phenoxy) is 3. The van der Waals surface area contributed by atoms with Crippen LogP contribution in [0.3, 0.4) is 0 Å². The predicted molar refractivity (Wildman–Crippen MR) is 94.8 cm³/mol. The molecule has 1 saturated carbocycles. The maximum Gasteiger partial charge on any atom is 0.164 e. The van der Waals surface area contributed by atoms with Crippen molar-refractivity contribution < 1.29 is 14.2 Å². The lowest BCUT2D eigenvalue weighted by Crippen LogP contribution is -2.62. The third-order valence-corrected chi connectivity index (χ3v) is 6.15. The number of nitrogens with one attached hydrogen (secondary N) is 4. The van der Waals surface area contributed by atoms with Crippen LogP contribution in [0.5, 0.6) is 0 Å². The van der Waals surface area contributed by atoms with Crippen LogP contribution in [-0.2, 0) is 14.2 Å². The number of fused-ring (bicyclic) bond motifs is 4. The minimum atomic E-state index is -0.0992. The summed E-state index contributed by atoms with van der Waals surface area (Å²) in [7, 11) is 0. The smallest absolute Gasteiger partial charge is 0.164 e. The third-order valence-electron chi connectivity index (χ3n) is 6.15. The van der Waals surface area contributed by atoms with Crippen molar-refractivity contribution in [2.24, 2.45) is 5.92 Å². The fraction of sp³-hybridized carbons (Fsp3) is 1.00. The van der Waals surface area contributed by atoms with Crippen LogP contribution in [0.4, 0.5) is 0 Å². The van der Waals surface area contributed by atoms with Crippen LogP contribution in [0.15, 0.2) is 0 Å². The Bertz CT molecular complexity index is 441. The molecule has 144 valence electrons. The second-order valence-electron chi connectivity index (χ2n) is 8.17. The highest BCUT2D eigenvalue weighted by Gasteiger charge is 2.45. The molecule has 7 heteroatoms. The van der Waals surface area contributed by atoms with E-state index in [4.69, 9.17) is 14.2 Å². The number of hydrogen-bond acceptors (Lipinski definition) is 7. The maximum atomic E-state index is 6.35. The number of hydrogen-bond donors (Lipinski definition) is 4. The van der Waals surface area contributed by atoms with Crippen molar-refractivity contribution >= 4 is 0 Å². The van der Waals surface area contributed by atoms with Gasteiger partial charge in [-0.3, -0.25) is 21.5 Å². The standard InChI is InChI=1S/C18H34N4O3/c1-11-6-8-23-10-12(2)25-18-19-7-5-16(20-18)17-14-9-13(24-11)3-4-15(14)21-22-17/h11-22H,3-10H2,1-2H3/t11-,12-,13?,14?,15?,16?,17?,18?/m0/s1. The molecule has 0 spiro atoms. The van der Waals surface area contributed by atoms with Gasteiger partial charge in [0.2, 0.25) is 0 Å². The Hall–Kier alpha value is -0.280. The predicted octanol–water partition coefficient (Wildman–Crippen LogP) is 0.466. The minimum absolute atomic E-state index is 0.0618. The van der Waals surface area contributed by atoms with Gasteiger partial charge in [0, 0.05) is 31.3 Å². The van der Waals surface area contributed by atoms with Gasteiger partial charge in [-0.25, -0.2) is 0 Å². The average molecular weight is 354 g/mol. The molecule has 0 aromatic rings. The van der Waals surface area contributed by atoms with Gasteiger partial charge >= 0.3 is 0 Å². The van der Waals surface area contributed by atoms with Crippen molar-refractivity contribution in [1.29, 1.82) is 0 Å². The highest BCUT2D eigenvalue weighted by molar-refractivity contribution is 5.02. The normalized spacial score (nSPS) is 49.2. The van der Waals surface area contributed by atoms with E-state index in [1.54, 1.807) is 0 Å². The molecule has 0 radical (unpaired) electrons. The van der Waals surface area contributed by atoms with Gasteiger partial charge in [-0.05, 0) is 51.9 Å². The molecular weight excluding hydrogens is 320 g/mol. The van der Waals surface area contributed by atoms with Crippen LogP contribution in [0, 0.1) is 5.92 Å². The van der Waals surface area contributed by atoms with Crippen molar-refractivity contribution in [3.8, 4) is 0 Å². The zero-order valence-corrected chi connectivity index (χ0v) is 15.5. The summed E-state index contributed by atoms with van der Waals surface area (Å²) in [6.07, 6.45) is 6.11. The maximum absolute atomic E-state index is 6.35. The molecule has 4 rings (SSSR count). The molecule has 0 aromatic carbocycles. The van der Waals surface area contributed by atoms with Crippen molar-refractivity contribution in [3.05, 3.63) is 0 Å². The SMILES string of the molecule is C[C@H]1CCOC[C@H](C)OC2NCCC(N2)C2NNC3CCC(CC32)O1. The Morgan fingerprint density at radius 2 is 1.80 bits per heavy atom. The average Bonchev–Trinajstić information content (AvgIpc) is 3.01. The first kappa shape index (κ1) is 18.1. The van der Waals surface area contributed by atoms with Crippen LogP contribution < -0.4 is 21.5 Å². The number of hydrazine groups is 1. The van der Waals surface area contributed by atoms with E-state index in [1.807, 2.05) is 0 Å². The van der Waals surface area contributed by atoms with Crippen molar-refractivity contribution in [2.75, 3.05) is 19.8 Å². The highest BCUT2D eigenvalue weighted by atomic mass is 16.6. The zero-order valence-electron chi connectivity index (χ0n) is 15.5. The van der Waals surface area contributed by atoms with E-state index >= 15 is 0 Å². The Labute approximate surface area is 150 Å². The van der Waals surface area contributed by atoms with E-state index in [1.165, 1.54) is 6.42 Å². The summed E-state index contributed by atoms with van der Waals surface area (Å²) in [6.45, 7) is 6.57. The second-order valence-corrected chi connectivity index (χ2v) is 8.17. The first-order valence-corrected chi connectivity index (χ1v) is 10.1. The van der Waals surface area contributed by atoms with E-state index in [-0.39, 0.29) is 18.6 Å². The van der Waals surface area contributed by atoms with Crippen molar-refractivity contribution in [2.45, 2.75) is 88.7 Å². The van der Waals surface area contributed by atoms with Gasteiger partial charge < -0.3 is 14.2 Å². The lowest BCUT2D eigenvalue weighted by Gasteiger charge is -2.40. The molecular formula is C18H34N4O3. The third kappa shape index (κ3) is 4.35. The van der Waals surface area contributed by atoms with Gasteiger partial charge in [0.1, 0.15) is 0 Å². The molecule has 4 fully saturated rings. The largest absolute Gasteiger partial charge is 0.379 e. The fourth-order valence-electron chi connectivity index (χ4n) is 4.82. The summed E-state index contributed by atoms with van der Waals surface area (Å²) in [4.78, 5) is 0. The van der Waals surface area contributed by atoms with Gasteiger partial charge in [-0.2, -0.15) is 0 Å². The van der Waals surface area contributed by atoms with Gasteiger partial charge in [0.25, 0.3) is 0 Å². The summed E-state index contributed by atoms with van der Waals surface area (Å²) in [6, 6.07) is 1.40. The quantitative estimate of drug-likeness (QED) is 0.504. The Balaban J connectivity index is 1.48. The minimum Gasteiger partial charge on any atom is -0.379 e. The summed E-state index contributed by atoms with van der Waals surface area (Å²) < 4.78 is 18.3. The van der Waals surface area contributed by atoms with E-state index in [0.717, 1.165) is 38.8 Å². The first-order valence-electron chi connectivity index (χ1n) is 10.1. The van der Waals surface area contributed by atoms with E-state index < -0.39 is 0 Å². The Morgan fingerprint density at radius 3 is 2.72 bits per heavy atom. The molecule has 0 aromatic heterocycles. The zero-order chi connectivity index (χ0) is 17.2.